The second-order valence-electron chi connectivity index (χ2n) is 6.83. The van der Waals surface area contributed by atoms with Gasteiger partial charge in [-0.1, -0.05) is 28.1 Å². The molecule has 0 saturated carbocycles. The van der Waals surface area contributed by atoms with Gasteiger partial charge in [0, 0.05) is 30.2 Å². The Balaban J connectivity index is 1.56. The van der Waals surface area contributed by atoms with Crippen molar-refractivity contribution in [3.05, 3.63) is 62.9 Å². The van der Waals surface area contributed by atoms with Gasteiger partial charge in [0.2, 0.25) is 5.43 Å². The molecule has 2 aromatic carbocycles. The minimum Gasteiger partial charge on any atom is -0.492 e. The monoisotopic (exact) mass is 443 g/mol. The molecule has 1 aliphatic heterocycles. The van der Waals surface area contributed by atoms with Crippen LogP contribution in [0.25, 0.3) is 22.1 Å². The maximum absolute atomic E-state index is 13.0. The van der Waals surface area contributed by atoms with E-state index in [2.05, 4.69) is 20.8 Å². The number of aryl methyl sites for hydroxylation is 1. The molecule has 1 saturated heterocycles. The minimum absolute atomic E-state index is 0.0269. The highest BCUT2D eigenvalue weighted by atomic mass is 79.9. The Labute approximate surface area is 172 Å². The summed E-state index contributed by atoms with van der Waals surface area (Å²) in [5.41, 5.74) is 1.97. The predicted octanol–water partition coefficient (Wildman–Crippen LogP) is 4.24. The first-order valence-electron chi connectivity index (χ1n) is 9.38. The third-order valence-corrected chi connectivity index (χ3v) is 5.48. The SMILES string of the molecule is Cc1oc2cc(OCCN3CCOCC3)ccc2c(=O)c1-c1ccc(Br)cc1. The zero-order valence-corrected chi connectivity index (χ0v) is 17.3. The van der Waals surface area contributed by atoms with Crippen molar-refractivity contribution in [2.24, 2.45) is 0 Å². The molecule has 1 aliphatic rings. The molecule has 5 nitrogen and oxygen atoms in total. The molecule has 1 aromatic heterocycles. The molecule has 0 amide bonds. The lowest BCUT2D eigenvalue weighted by molar-refractivity contribution is 0.0322. The summed E-state index contributed by atoms with van der Waals surface area (Å²) >= 11 is 3.42. The topological polar surface area (TPSA) is 51.9 Å². The number of benzene rings is 2. The van der Waals surface area contributed by atoms with E-state index in [4.69, 9.17) is 13.9 Å². The average Bonchev–Trinajstić information content (AvgIpc) is 2.70. The lowest BCUT2D eigenvalue weighted by atomic mass is 10.0. The Kier molecular flexibility index (Phi) is 5.80. The van der Waals surface area contributed by atoms with E-state index in [1.54, 1.807) is 12.1 Å². The van der Waals surface area contributed by atoms with Crippen LogP contribution < -0.4 is 10.2 Å². The van der Waals surface area contributed by atoms with E-state index in [0.717, 1.165) is 42.9 Å². The summed E-state index contributed by atoms with van der Waals surface area (Å²) in [4.78, 5) is 15.4. The molecule has 0 unspecified atom stereocenters. The molecule has 0 spiro atoms. The highest BCUT2D eigenvalue weighted by Crippen LogP contribution is 2.27. The van der Waals surface area contributed by atoms with Crippen LogP contribution in [0.15, 0.2) is 56.1 Å². The van der Waals surface area contributed by atoms with Crippen molar-refractivity contribution in [3.63, 3.8) is 0 Å². The van der Waals surface area contributed by atoms with Gasteiger partial charge >= 0.3 is 0 Å². The minimum atomic E-state index is -0.0269. The lowest BCUT2D eigenvalue weighted by Crippen LogP contribution is -2.38. The van der Waals surface area contributed by atoms with Crippen molar-refractivity contribution in [2.45, 2.75) is 6.92 Å². The van der Waals surface area contributed by atoms with Crippen molar-refractivity contribution >= 4 is 26.9 Å². The third-order valence-electron chi connectivity index (χ3n) is 4.95. The number of hydrogen-bond acceptors (Lipinski definition) is 5. The van der Waals surface area contributed by atoms with Gasteiger partial charge in [-0.05, 0) is 36.8 Å². The van der Waals surface area contributed by atoms with Crippen molar-refractivity contribution in [2.75, 3.05) is 39.5 Å². The smallest absolute Gasteiger partial charge is 0.200 e. The highest BCUT2D eigenvalue weighted by molar-refractivity contribution is 9.10. The quantitative estimate of drug-likeness (QED) is 0.589. The molecule has 0 aliphatic carbocycles. The Bertz CT molecular complexity index is 1020. The van der Waals surface area contributed by atoms with Gasteiger partial charge in [-0.2, -0.15) is 0 Å². The molecule has 3 aromatic rings. The Hall–Kier alpha value is -2.15. The third kappa shape index (κ3) is 4.14. The second kappa shape index (κ2) is 8.47. The fraction of sp³-hybridized carbons (Fsp3) is 0.318. The first-order chi connectivity index (χ1) is 13.6. The summed E-state index contributed by atoms with van der Waals surface area (Å²) in [6, 6.07) is 13.1. The van der Waals surface area contributed by atoms with E-state index < -0.39 is 0 Å². The van der Waals surface area contributed by atoms with Gasteiger partial charge in [0.05, 0.1) is 24.2 Å². The van der Waals surface area contributed by atoms with Crippen LogP contribution in [0.1, 0.15) is 5.76 Å². The first kappa shape index (κ1) is 19.2. The molecule has 0 radical (unpaired) electrons. The zero-order chi connectivity index (χ0) is 19.5. The normalized spacial score (nSPS) is 15.1. The Morgan fingerprint density at radius 3 is 2.61 bits per heavy atom. The highest BCUT2D eigenvalue weighted by Gasteiger charge is 2.14. The summed E-state index contributed by atoms with van der Waals surface area (Å²) in [6.07, 6.45) is 0. The van der Waals surface area contributed by atoms with E-state index in [-0.39, 0.29) is 5.43 Å². The van der Waals surface area contributed by atoms with E-state index in [1.165, 1.54) is 0 Å². The second-order valence-corrected chi connectivity index (χ2v) is 7.75. The van der Waals surface area contributed by atoms with Crippen LogP contribution in [-0.2, 0) is 4.74 Å². The number of nitrogens with zero attached hydrogens (tertiary/aromatic N) is 1. The zero-order valence-electron chi connectivity index (χ0n) is 15.7. The molecule has 0 N–H and O–H groups in total. The molecule has 6 heteroatoms. The van der Waals surface area contributed by atoms with Crippen LogP contribution in [0.5, 0.6) is 5.75 Å². The maximum atomic E-state index is 13.0. The van der Waals surface area contributed by atoms with Crippen LogP contribution >= 0.6 is 15.9 Å². The molecule has 1 fully saturated rings. The summed E-state index contributed by atoms with van der Waals surface area (Å²) in [7, 11) is 0. The molecule has 4 rings (SSSR count). The van der Waals surface area contributed by atoms with Gasteiger partial charge in [-0.25, -0.2) is 0 Å². The fourth-order valence-corrected chi connectivity index (χ4v) is 3.71. The summed E-state index contributed by atoms with van der Waals surface area (Å²) < 4.78 is 18.2. The van der Waals surface area contributed by atoms with Crippen LogP contribution in [0.4, 0.5) is 0 Å². The van der Waals surface area contributed by atoms with E-state index in [9.17, 15) is 4.79 Å². The summed E-state index contributed by atoms with van der Waals surface area (Å²) in [5, 5.41) is 0.559. The van der Waals surface area contributed by atoms with E-state index >= 15 is 0 Å². The van der Waals surface area contributed by atoms with Gasteiger partial charge in [-0.3, -0.25) is 9.69 Å². The summed E-state index contributed by atoms with van der Waals surface area (Å²) in [6.45, 7) is 6.70. The number of halogens is 1. The fourth-order valence-electron chi connectivity index (χ4n) is 3.44. The maximum Gasteiger partial charge on any atom is 0.200 e. The van der Waals surface area contributed by atoms with Crippen molar-refractivity contribution < 1.29 is 13.9 Å². The van der Waals surface area contributed by atoms with Crippen molar-refractivity contribution in [3.8, 4) is 16.9 Å². The first-order valence-corrected chi connectivity index (χ1v) is 10.2. The average molecular weight is 444 g/mol. The molecular formula is C22H22BrNO4. The number of fused-ring (bicyclic) bond motifs is 1. The van der Waals surface area contributed by atoms with Crippen LogP contribution in [0.2, 0.25) is 0 Å². The van der Waals surface area contributed by atoms with Crippen LogP contribution in [-0.4, -0.2) is 44.4 Å². The molecule has 146 valence electrons. The van der Waals surface area contributed by atoms with Crippen molar-refractivity contribution in [1.82, 2.24) is 4.90 Å². The molecule has 0 atom stereocenters. The molecule has 0 bridgehead atoms. The lowest BCUT2D eigenvalue weighted by Gasteiger charge is -2.26. The van der Waals surface area contributed by atoms with Gasteiger partial charge in [0.1, 0.15) is 23.7 Å². The Morgan fingerprint density at radius 2 is 1.86 bits per heavy atom. The van der Waals surface area contributed by atoms with Gasteiger partial charge in [0.25, 0.3) is 0 Å². The summed E-state index contributed by atoms with van der Waals surface area (Å²) in [5.74, 6) is 1.31. The standard InChI is InChI=1S/C22H22BrNO4/c1-15-21(16-2-4-17(23)5-3-16)22(25)19-7-6-18(14-20(19)28-15)27-13-10-24-8-11-26-12-9-24/h2-7,14H,8-13H2,1H3. The predicted molar refractivity (Wildman–Crippen MR) is 113 cm³/mol. The van der Waals surface area contributed by atoms with Crippen molar-refractivity contribution in [1.29, 1.82) is 0 Å². The molecule has 2 heterocycles. The van der Waals surface area contributed by atoms with E-state index in [0.29, 0.717) is 34.6 Å². The number of rotatable bonds is 5. The molecular weight excluding hydrogens is 422 g/mol. The van der Waals surface area contributed by atoms with Gasteiger partial charge in [-0.15, -0.1) is 0 Å². The van der Waals surface area contributed by atoms with Crippen LogP contribution in [0.3, 0.4) is 0 Å². The van der Waals surface area contributed by atoms with Crippen LogP contribution in [0, 0.1) is 6.92 Å². The largest absolute Gasteiger partial charge is 0.492 e. The molecule has 28 heavy (non-hydrogen) atoms. The number of ether oxygens (including phenoxy) is 2. The van der Waals surface area contributed by atoms with Gasteiger partial charge < -0.3 is 13.9 Å². The number of morpholine rings is 1. The Morgan fingerprint density at radius 1 is 1.11 bits per heavy atom. The number of hydrogen-bond donors (Lipinski definition) is 0. The van der Waals surface area contributed by atoms with Gasteiger partial charge in [0.15, 0.2) is 0 Å². The van der Waals surface area contributed by atoms with E-state index in [1.807, 2.05) is 37.3 Å².